The summed E-state index contributed by atoms with van der Waals surface area (Å²) in [5.74, 6) is 2.27. The van der Waals surface area contributed by atoms with E-state index in [1.54, 1.807) is 6.07 Å². The van der Waals surface area contributed by atoms with Gasteiger partial charge in [-0.25, -0.2) is 4.98 Å². The minimum atomic E-state index is -0.117. The topological polar surface area (TPSA) is 78.0 Å². The van der Waals surface area contributed by atoms with Crippen LogP contribution in [0.3, 0.4) is 0 Å². The number of benzene rings is 1. The molecule has 8 heteroatoms. The van der Waals surface area contributed by atoms with Crippen LogP contribution >= 0.6 is 0 Å². The van der Waals surface area contributed by atoms with Crippen LogP contribution in [0.2, 0.25) is 0 Å². The molecule has 8 nitrogen and oxygen atoms in total. The molecule has 4 fully saturated rings. The van der Waals surface area contributed by atoms with E-state index in [0.717, 1.165) is 63.9 Å². The number of nitrogens with zero attached hydrogens (tertiary/aromatic N) is 4. The minimum Gasteiger partial charge on any atom is -0.379 e. The number of aromatic nitrogens is 1. The van der Waals surface area contributed by atoms with E-state index in [4.69, 9.17) is 4.74 Å². The number of morpholine rings is 1. The van der Waals surface area contributed by atoms with Crippen LogP contribution in [-0.4, -0.2) is 91.7 Å². The first-order valence-corrected chi connectivity index (χ1v) is 14.0. The van der Waals surface area contributed by atoms with Crippen LogP contribution in [0.5, 0.6) is 0 Å². The lowest BCUT2D eigenvalue weighted by Gasteiger charge is -2.47. The number of amides is 2. The molecule has 6 rings (SSSR count). The first kappa shape index (κ1) is 25.3. The maximum atomic E-state index is 13.0. The van der Waals surface area contributed by atoms with Crippen LogP contribution in [0.4, 0.5) is 5.82 Å². The third-order valence-corrected chi connectivity index (χ3v) is 8.87. The largest absolute Gasteiger partial charge is 0.379 e. The molecule has 0 bridgehead atoms. The normalized spacial score (nSPS) is 25.6. The SMILES string of the molecule is CC(C)(C)c1ccc(C(=O)N2CC3C(CNC(=O)c4cccc(N5CC(N6CCOCC6)C5)n4)C3C2)cc1. The number of hydrogen-bond acceptors (Lipinski definition) is 6. The van der Waals surface area contributed by atoms with Gasteiger partial charge in [0, 0.05) is 57.4 Å². The molecule has 1 aromatic heterocycles. The third kappa shape index (κ3) is 5.04. The number of carbonyl (C=O) groups is 2. The zero-order chi connectivity index (χ0) is 26.4. The summed E-state index contributed by atoms with van der Waals surface area (Å²) >= 11 is 0. The van der Waals surface area contributed by atoms with E-state index >= 15 is 0 Å². The summed E-state index contributed by atoms with van der Waals surface area (Å²) in [6, 6.07) is 14.3. The van der Waals surface area contributed by atoms with Crippen LogP contribution in [0.15, 0.2) is 42.5 Å². The van der Waals surface area contributed by atoms with Crippen molar-refractivity contribution in [2.24, 2.45) is 17.8 Å². The van der Waals surface area contributed by atoms with Gasteiger partial charge in [0.2, 0.25) is 0 Å². The van der Waals surface area contributed by atoms with E-state index in [9.17, 15) is 9.59 Å². The van der Waals surface area contributed by atoms with Crippen LogP contribution in [0, 0.1) is 17.8 Å². The first-order chi connectivity index (χ1) is 18.3. The fraction of sp³-hybridized carbons (Fsp3) is 0.567. The van der Waals surface area contributed by atoms with E-state index in [1.165, 1.54) is 5.56 Å². The van der Waals surface area contributed by atoms with Crippen LogP contribution < -0.4 is 10.2 Å². The van der Waals surface area contributed by atoms with Gasteiger partial charge in [0.25, 0.3) is 11.8 Å². The lowest BCUT2D eigenvalue weighted by Crippen LogP contribution is -2.61. The molecule has 2 aromatic rings. The van der Waals surface area contributed by atoms with Crippen molar-refractivity contribution < 1.29 is 14.3 Å². The maximum absolute atomic E-state index is 13.0. The monoisotopic (exact) mass is 517 g/mol. The minimum absolute atomic E-state index is 0.0757. The number of pyridine rings is 1. The Hall–Kier alpha value is -2.97. The molecule has 38 heavy (non-hydrogen) atoms. The summed E-state index contributed by atoms with van der Waals surface area (Å²) in [7, 11) is 0. The molecule has 0 spiro atoms. The Kier molecular flexibility index (Phi) is 6.64. The molecule has 2 atom stereocenters. The average Bonchev–Trinajstić information content (AvgIpc) is 3.34. The molecule has 1 saturated carbocycles. The quantitative estimate of drug-likeness (QED) is 0.635. The third-order valence-electron chi connectivity index (χ3n) is 8.87. The average molecular weight is 518 g/mol. The van der Waals surface area contributed by atoms with Gasteiger partial charge in [-0.15, -0.1) is 0 Å². The second-order valence-corrected chi connectivity index (χ2v) is 12.3. The molecule has 1 N–H and O–H groups in total. The predicted molar refractivity (Wildman–Crippen MR) is 146 cm³/mol. The molecule has 2 unspecified atom stereocenters. The zero-order valence-corrected chi connectivity index (χ0v) is 22.7. The standard InChI is InChI=1S/C30H39N5O3/c1-30(2,3)21-9-7-20(8-10-21)29(37)35-18-24-23(25(24)19-35)15-31-28(36)26-5-4-6-27(32-26)34-16-22(17-34)33-11-13-38-14-12-33/h4-10,22-25H,11-19H2,1-3H3,(H,31,36). The van der Waals surface area contributed by atoms with Gasteiger partial charge in [-0.05, 0) is 53.0 Å². The highest BCUT2D eigenvalue weighted by Crippen LogP contribution is 2.51. The van der Waals surface area contributed by atoms with Gasteiger partial charge in [-0.1, -0.05) is 39.0 Å². The molecule has 1 aliphatic carbocycles. The molecule has 3 aliphatic heterocycles. The van der Waals surface area contributed by atoms with Crippen LogP contribution in [0.1, 0.15) is 47.2 Å². The molecule has 4 aliphatic rings. The van der Waals surface area contributed by atoms with E-state index in [1.807, 2.05) is 29.2 Å². The van der Waals surface area contributed by atoms with Gasteiger partial charge in [0.05, 0.1) is 13.2 Å². The number of carbonyl (C=O) groups excluding carboxylic acids is 2. The Bertz CT molecular complexity index is 1170. The van der Waals surface area contributed by atoms with Crippen LogP contribution in [0.25, 0.3) is 0 Å². The number of rotatable bonds is 6. The van der Waals surface area contributed by atoms with Gasteiger partial charge in [0.15, 0.2) is 0 Å². The predicted octanol–water partition coefficient (Wildman–Crippen LogP) is 2.65. The summed E-state index contributed by atoms with van der Waals surface area (Å²) in [4.78, 5) is 37.2. The smallest absolute Gasteiger partial charge is 0.269 e. The molecule has 4 heterocycles. The van der Waals surface area contributed by atoms with Gasteiger partial charge in [-0.3, -0.25) is 14.5 Å². The number of anilines is 1. The number of piperidine rings is 1. The summed E-state index contributed by atoms with van der Waals surface area (Å²) in [5, 5.41) is 3.10. The summed E-state index contributed by atoms with van der Waals surface area (Å²) in [6.07, 6.45) is 0. The van der Waals surface area contributed by atoms with Crippen molar-refractivity contribution in [3.05, 3.63) is 59.3 Å². The van der Waals surface area contributed by atoms with Gasteiger partial charge in [0.1, 0.15) is 11.5 Å². The molecular formula is C30H39N5O3. The van der Waals surface area contributed by atoms with E-state index in [0.29, 0.717) is 36.0 Å². The molecular weight excluding hydrogens is 478 g/mol. The summed E-state index contributed by atoms with van der Waals surface area (Å²) in [6.45, 7) is 14.2. The van der Waals surface area contributed by atoms with Crippen molar-refractivity contribution in [1.29, 1.82) is 0 Å². The van der Waals surface area contributed by atoms with Crippen molar-refractivity contribution in [2.75, 3.05) is 63.9 Å². The van der Waals surface area contributed by atoms with Gasteiger partial charge in [-0.2, -0.15) is 0 Å². The highest BCUT2D eigenvalue weighted by Gasteiger charge is 2.56. The Balaban J connectivity index is 0.959. The highest BCUT2D eigenvalue weighted by atomic mass is 16.5. The zero-order valence-electron chi connectivity index (χ0n) is 22.7. The van der Waals surface area contributed by atoms with Crippen LogP contribution in [-0.2, 0) is 10.2 Å². The number of nitrogens with one attached hydrogen (secondary N) is 1. The van der Waals surface area contributed by atoms with Crippen molar-refractivity contribution in [1.82, 2.24) is 20.1 Å². The second kappa shape index (κ2) is 9.97. The molecule has 2 amide bonds. The Morgan fingerprint density at radius 1 is 0.974 bits per heavy atom. The Morgan fingerprint density at radius 3 is 2.32 bits per heavy atom. The second-order valence-electron chi connectivity index (χ2n) is 12.3. The van der Waals surface area contributed by atoms with E-state index in [2.05, 4.69) is 53.0 Å². The fourth-order valence-electron chi connectivity index (χ4n) is 6.26. The summed E-state index contributed by atoms with van der Waals surface area (Å²) in [5.41, 5.74) is 2.54. The number of fused-ring (bicyclic) bond motifs is 1. The van der Waals surface area contributed by atoms with Gasteiger partial charge >= 0.3 is 0 Å². The molecule has 202 valence electrons. The number of likely N-dealkylation sites (tertiary alicyclic amines) is 1. The van der Waals surface area contributed by atoms with Crippen molar-refractivity contribution in [3.63, 3.8) is 0 Å². The lowest BCUT2D eigenvalue weighted by molar-refractivity contribution is 0.0104. The lowest BCUT2D eigenvalue weighted by atomic mass is 9.86. The number of ether oxygens (including phenoxy) is 1. The molecule has 3 saturated heterocycles. The van der Waals surface area contributed by atoms with Crippen molar-refractivity contribution >= 4 is 17.6 Å². The number of hydrogen-bond donors (Lipinski definition) is 1. The highest BCUT2D eigenvalue weighted by molar-refractivity contribution is 5.94. The molecule has 0 radical (unpaired) electrons. The first-order valence-electron chi connectivity index (χ1n) is 14.0. The Labute approximate surface area is 225 Å². The Morgan fingerprint density at radius 2 is 1.66 bits per heavy atom. The van der Waals surface area contributed by atoms with Crippen molar-refractivity contribution in [3.8, 4) is 0 Å². The fourth-order valence-corrected chi connectivity index (χ4v) is 6.26. The van der Waals surface area contributed by atoms with Crippen molar-refractivity contribution in [2.45, 2.75) is 32.2 Å². The van der Waals surface area contributed by atoms with Gasteiger partial charge < -0.3 is 19.9 Å². The van der Waals surface area contributed by atoms with E-state index in [-0.39, 0.29) is 17.2 Å². The van der Waals surface area contributed by atoms with E-state index < -0.39 is 0 Å². The summed E-state index contributed by atoms with van der Waals surface area (Å²) < 4.78 is 5.46. The molecule has 1 aromatic carbocycles. The maximum Gasteiger partial charge on any atom is 0.269 e.